The van der Waals surface area contributed by atoms with Crippen LogP contribution in [0.15, 0.2) is 12.1 Å². The quantitative estimate of drug-likeness (QED) is 0.723. The summed E-state index contributed by atoms with van der Waals surface area (Å²) in [5.41, 5.74) is 2.96. The van der Waals surface area contributed by atoms with Gasteiger partial charge in [0.1, 0.15) is 12.3 Å². The zero-order valence-electron chi connectivity index (χ0n) is 15.2. The zero-order valence-corrected chi connectivity index (χ0v) is 16.0. The number of aryl methyl sites for hydroxylation is 1. The fourth-order valence-corrected chi connectivity index (χ4v) is 3.94. The second-order valence-corrected chi connectivity index (χ2v) is 8.81. The average Bonchev–Trinajstić information content (AvgIpc) is 2.92. The molecule has 6 nitrogen and oxygen atoms in total. The van der Waals surface area contributed by atoms with Crippen LogP contribution in [0.2, 0.25) is 0 Å². The van der Waals surface area contributed by atoms with Crippen molar-refractivity contribution in [2.24, 2.45) is 5.92 Å². The number of fused-ring (bicyclic) bond motifs is 1. The van der Waals surface area contributed by atoms with Crippen molar-refractivity contribution in [1.29, 1.82) is 5.26 Å². The lowest BCUT2D eigenvalue weighted by atomic mass is 9.84. The first-order valence-corrected chi connectivity index (χ1v) is 10.5. The molecule has 146 valence electrons. The van der Waals surface area contributed by atoms with Crippen LogP contribution in [0.5, 0.6) is 0 Å². The van der Waals surface area contributed by atoms with Gasteiger partial charge < -0.3 is 4.40 Å². The Labute approximate surface area is 156 Å². The van der Waals surface area contributed by atoms with E-state index in [1.165, 1.54) is 0 Å². The van der Waals surface area contributed by atoms with Crippen LogP contribution in [0.1, 0.15) is 48.3 Å². The molecule has 0 unspecified atom stereocenters. The third-order valence-corrected chi connectivity index (χ3v) is 5.49. The molecule has 0 spiro atoms. The number of alkyl halides is 2. The third-order valence-electron chi connectivity index (χ3n) is 4.94. The number of nitrogens with zero attached hydrogens (tertiary/aromatic N) is 3. The normalized spacial score (nSPS) is 17.9. The number of imidazole rings is 1. The van der Waals surface area contributed by atoms with Crippen LogP contribution < -0.4 is 0 Å². The predicted octanol–water partition coefficient (Wildman–Crippen LogP) is 3.36. The van der Waals surface area contributed by atoms with Crippen molar-refractivity contribution >= 4 is 15.8 Å². The summed E-state index contributed by atoms with van der Waals surface area (Å²) >= 11 is 0. The maximum Gasteiger partial charge on any atom is 0.264 e. The Morgan fingerprint density at radius 2 is 2.04 bits per heavy atom. The van der Waals surface area contributed by atoms with Crippen LogP contribution in [0, 0.1) is 24.2 Å². The van der Waals surface area contributed by atoms with Gasteiger partial charge in [0.15, 0.2) is 0 Å². The van der Waals surface area contributed by atoms with E-state index >= 15 is 0 Å². The summed E-state index contributed by atoms with van der Waals surface area (Å²) in [5.74, 6) is -2.54. The highest BCUT2D eigenvalue weighted by Crippen LogP contribution is 2.38. The lowest BCUT2D eigenvalue weighted by Crippen LogP contribution is -2.26. The minimum absolute atomic E-state index is 0.0663. The largest absolute Gasteiger partial charge is 0.301 e. The Morgan fingerprint density at radius 1 is 1.37 bits per heavy atom. The smallest absolute Gasteiger partial charge is 0.264 e. The van der Waals surface area contributed by atoms with Gasteiger partial charge in [-0.15, -0.1) is 0 Å². The number of rotatable bonds is 5. The minimum atomic E-state index is -3.65. The molecule has 1 aliphatic carbocycles. The maximum atomic E-state index is 13.5. The lowest BCUT2D eigenvalue weighted by molar-refractivity contribution is -0.0457. The first-order chi connectivity index (χ1) is 12.6. The molecule has 0 radical (unpaired) electrons. The predicted molar refractivity (Wildman–Crippen MR) is 94.9 cm³/mol. The van der Waals surface area contributed by atoms with Crippen molar-refractivity contribution in [3.8, 4) is 6.07 Å². The summed E-state index contributed by atoms with van der Waals surface area (Å²) in [7, 11) is -3.65. The highest BCUT2D eigenvalue weighted by molar-refractivity contribution is 7.85. The molecule has 3 rings (SSSR count). The van der Waals surface area contributed by atoms with Crippen molar-refractivity contribution in [1.82, 2.24) is 9.38 Å². The standard InChI is InChI=1S/C18H21F2N3O3S/c1-12-7-14(10-21)9-17-22-15(11-26-27(2,24)25)16(23(12)17)8-13-3-5-18(19,20)6-4-13/h7,9,13H,3-6,8,11H2,1-2H3. The van der Waals surface area contributed by atoms with Gasteiger partial charge in [0, 0.05) is 24.2 Å². The highest BCUT2D eigenvalue weighted by atomic mass is 32.2. The first-order valence-electron chi connectivity index (χ1n) is 8.71. The molecular weight excluding hydrogens is 376 g/mol. The fourth-order valence-electron chi connectivity index (χ4n) is 3.61. The van der Waals surface area contributed by atoms with E-state index < -0.39 is 16.0 Å². The number of hydrogen-bond acceptors (Lipinski definition) is 5. The van der Waals surface area contributed by atoms with Gasteiger partial charge >= 0.3 is 0 Å². The van der Waals surface area contributed by atoms with Crippen LogP contribution in [0.25, 0.3) is 5.65 Å². The molecule has 1 fully saturated rings. The molecule has 0 bridgehead atoms. The topological polar surface area (TPSA) is 84.5 Å². The molecule has 0 amide bonds. The average molecular weight is 397 g/mol. The van der Waals surface area contributed by atoms with Gasteiger partial charge in [0.2, 0.25) is 5.92 Å². The van der Waals surface area contributed by atoms with E-state index in [0.29, 0.717) is 36.2 Å². The van der Waals surface area contributed by atoms with Crippen molar-refractivity contribution in [2.75, 3.05) is 6.26 Å². The van der Waals surface area contributed by atoms with Crippen molar-refractivity contribution in [3.05, 3.63) is 34.8 Å². The van der Waals surface area contributed by atoms with Crippen LogP contribution in [0.3, 0.4) is 0 Å². The molecule has 0 N–H and O–H groups in total. The van der Waals surface area contributed by atoms with E-state index in [1.54, 1.807) is 12.1 Å². The number of pyridine rings is 1. The number of halogens is 2. The second-order valence-electron chi connectivity index (χ2n) is 7.17. The Balaban J connectivity index is 1.98. The maximum absolute atomic E-state index is 13.5. The molecule has 9 heteroatoms. The summed E-state index contributed by atoms with van der Waals surface area (Å²) in [6, 6.07) is 5.41. The van der Waals surface area contributed by atoms with E-state index in [0.717, 1.165) is 17.6 Å². The molecule has 0 atom stereocenters. The first kappa shape index (κ1) is 19.7. The van der Waals surface area contributed by atoms with Gasteiger partial charge in [-0.25, -0.2) is 13.8 Å². The Hall–Kier alpha value is -2.05. The summed E-state index contributed by atoms with van der Waals surface area (Å²) in [4.78, 5) is 4.45. The molecule has 27 heavy (non-hydrogen) atoms. The monoisotopic (exact) mass is 397 g/mol. The lowest BCUT2D eigenvalue weighted by Gasteiger charge is -2.28. The molecule has 1 aliphatic rings. The summed E-state index contributed by atoms with van der Waals surface area (Å²) in [6.07, 6.45) is 2.00. The van der Waals surface area contributed by atoms with Gasteiger partial charge in [-0.1, -0.05) is 0 Å². The van der Waals surface area contributed by atoms with E-state index in [2.05, 4.69) is 11.1 Å². The number of aromatic nitrogens is 2. The van der Waals surface area contributed by atoms with E-state index in [4.69, 9.17) is 9.44 Å². The molecule has 0 aromatic carbocycles. The van der Waals surface area contributed by atoms with E-state index in [-0.39, 0.29) is 25.4 Å². The van der Waals surface area contributed by atoms with Gasteiger partial charge in [0.05, 0.1) is 23.6 Å². The molecule has 0 aliphatic heterocycles. The van der Waals surface area contributed by atoms with Crippen LogP contribution in [-0.2, 0) is 27.3 Å². The van der Waals surface area contributed by atoms with Crippen molar-refractivity contribution < 1.29 is 21.4 Å². The summed E-state index contributed by atoms with van der Waals surface area (Å²) in [6.45, 7) is 1.61. The zero-order chi connectivity index (χ0) is 19.8. The Bertz CT molecular complexity index is 999. The SMILES string of the molecule is Cc1cc(C#N)cc2nc(COS(C)(=O)=O)c(CC3CCC(F)(F)CC3)n12. The molecule has 2 aromatic heterocycles. The van der Waals surface area contributed by atoms with Gasteiger partial charge in [0.25, 0.3) is 10.1 Å². The Kier molecular flexibility index (Phi) is 5.23. The van der Waals surface area contributed by atoms with Crippen LogP contribution in [-0.4, -0.2) is 30.0 Å². The number of nitriles is 1. The third kappa shape index (κ3) is 4.62. The summed E-state index contributed by atoms with van der Waals surface area (Å²) < 4.78 is 56.4. The van der Waals surface area contributed by atoms with Crippen molar-refractivity contribution in [3.63, 3.8) is 0 Å². The molecule has 0 saturated heterocycles. The molecule has 2 aromatic rings. The number of hydrogen-bond donors (Lipinski definition) is 0. The molecular formula is C18H21F2N3O3S. The van der Waals surface area contributed by atoms with Gasteiger partial charge in [-0.3, -0.25) is 4.18 Å². The highest BCUT2D eigenvalue weighted by Gasteiger charge is 2.35. The Morgan fingerprint density at radius 3 is 2.63 bits per heavy atom. The van der Waals surface area contributed by atoms with E-state index in [9.17, 15) is 17.2 Å². The molecule has 2 heterocycles. The van der Waals surface area contributed by atoms with Crippen LogP contribution >= 0.6 is 0 Å². The van der Waals surface area contributed by atoms with E-state index in [1.807, 2.05) is 11.3 Å². The minimum Gasteiger partial charge on any atom is -0.301 e. The fraction of sp³-hybridized carbons (Fsp3) is 0.556. The van der Waals surface area contributed by atoms with Gasteiger partial charge in [-0.05, 0) is 44.2 Å². The van der Waals surface area contributed by atoms with Gasteiger partial charge in [-0.2, -0.15) is 13.7 Å². The summed E-state index contributed by atoms with van der Waals surface area (Å²) in [5, 5.41) is 9.16. The molecule has 1 saturated carbocycles. The van der Waals surface area contributed by atoms with Crippen molar-refractivity contribution in [2.45, 2.75) is 51.6 Å². The second kappa shape index (κ2) is 7.17. The van der Waals surface area contributed by atoms with Crippen LogP contribution in [0.4, 0.5) is 8.78 Å².